The van der Waals surface area contributed by atoms with Crippen LogP contribution in [0.25, 0.3) is 11.1 Å². The molecule has 2 aromatic rings. The SMILES string of the molecule is CNC(C)c1cc(OC)c(OC)c(-c2cc(C)ccc2OC)c1. The zero-order valence-corrected chi connectivity index (χ0v) is 14.7. The van der Waals surface area contributed by atoms with E-state index in [1.165, 1.54) is 0 Å². The van der Waals surface area contributed by atoms with Gasteiger partial charge in [-0.3, -0.25) is 0 Å². The van der Waals surface area contributed by atoms with Crippen molar-refractivity contribution < 1.29 is 14.2 Å². The molecule has 4 heteroatoms. The van der Waals surface area contributed by atoms with Gasteiger partial charge in [-0.1, -0.05) is 11.6 Å². The monoisotopic (exact) mass is 315 g/mol. The lowest BCUT2D eigenvalue weighted by Gasteiger charge is -2.19. The summed E-state index contributed by atoms with van der Waals surface area (Å²) in [6, 6.07) is 10.4. The molecule has 4 nitrogen and oxygen atoms in total. The van der Waals surface area contributed by atoms with Gasteiger partial charge < -0.3 is 19.5 Å². The van der Waals surface area contributed by atoms with Crippen LogP contribution in [0.5, 0.6) is 17.2 Å². The van der Waals surface area contributed by atoms with Crippen molar-refractivity contribution in [3.63, 3.8) is 0 Å². The largest absolute Gasteiger partial charge is 0.496 e. The highest BCUT2D eigenvalue weighted by Gasteiger charge is 2.19. The van der Waals surface area contributed by atoms with E-state index in [-0.39, 0.29) is 6.04 Å². The van der Waals surface area contributed by atoms with Crippen molar-refractivity contribution in [2.24, 2.45) is 0 Å². The molecule has 0 aromatic heterocycles. The van der Waals surface area contributed by atoms with Crippen LogP contribution in [0.4, 0.5) is 0 Å². The van der Waals surface area contributed by atoms with Gasteiger partial charge in [-0.2, -0.15) is 0 Å². The second-order valence-corrected chi connectivity index (χ2v) is 5.52. The highest BCUT2D eigenvalue weighted by Crippen LogP contribution is 2.43. The summed E-state index contributed by atoms with van der Waals surface area (Å²) in [5.41, 5.74) is 4.25. The van der Waals surface area contributed by atoms with Crippen LogP contribution in [-0.4, -0.2) is 28.4 Å². The molecule has 0 aliphatic carbocycles. The summed E-state index contributed by atoms with van der Waals surface area (Å²) in [5, 5.41) is 3.26. The first kappa shape index (κ1) is 17.2. The van der Waals surface area contributed by atoms with Gasteiger partial charge in [-0.05, 0) is 50.7 Å². The fraction of sp³-hybridized carbons (Fsp3) is 0.368. The predicted octanol–water partition coefficient (Wildman–Crippen LogP) is 3.97. The normalized spacial score (nSPS) is 11.9. The summed E-state index contributed by atoms with van der Waals surface area (Å²) < 4.78 is 16.7. The van der Waals surface area contributed by atoms with E-state index in [9.17, 15) is 0 Å². The standard InChI is InChI=1S/C19H25NO3/c1-12-7-8-17(21-4)15(9-12)16-10-14(13(2)20-3)11-18(22-5)19(16)23-6/h7-11,13,20H,1-6H3. The summed E-state index contributed by atoms with van der Waals surface area (Å²) in [4.78, 5) is 0. The Labute approximate surface area is 138 Å². The molecule has 0 fully saturated rings. The van der Waals surface area contributed by atoms with E-state index in [0.29, 0.717) is 11.5 Å². The molecule has 0 heterocycles. The van der Waals surface area contributed by atoms with Crippen LogP contribution in [-0.2, 0) is 0 Å². The van der Waals surface area contributed by atoms with Crippen molar-refractivity contribution in [2.45, 2.75) is 19.9 Å². The zero-order chi connectivity index (χ0) is 17.0. The Morgan fingerprint density at radius 2 is 1.57 bits per heavy atom. The second-order valence-electron chi connectivity index (χ2n) is 5.52. The Morgan fingerprint density at radius 1 is 0.870 bits per heavy atom. The second kappa shape index (κ2) is 7.38. The zero-order valence-electron chi connectivity index (χ0n) is 14.7. The lowest BCUT2D eigenvalue weighted by atomic mass is 9.96. The Hall–Kier alpha value is -2.20. The van der Waals surface area contributed by atoms with Crippen LogP contribution < -0.4 is 19.5 Å². The van der Waals surface area contributed by atoms with Crippen molar-refractivity contribution in [3.8, 4) is 28.4 Å². The molecule has 1 unspecified atom stereocenters. The van der Waals surface area contributed by atoms with E-state index >= 15 is 0 Å². The molecule has 0 radical (unpaired) electrons. The average Bonchev–Trinajstić information content (AvgIpc) is 2.59. The third-order valence-corrected chi connectivity index (χ3v) is 4.08. The Kier molecular flexibility index (Phi) is 5.50. The maximum absolute atomic E-state index is 5.63. The van der Waals surface area contributed by atoms with Gasteiger partial charge in [-0.15, -0.1) is 0 Å². The van der Waals surface area contributed by atoms with Crippen LogP contribution in [0.15, 0.2) is 30.3 Å². The molecular weight excluding hydrogens is 290 g/mol. The summed E-state index contributed by atoms with van der Waals surface area (Å²) in [7, 11) is 6.93. The quantitative estimate of drug-likeness (QED) is 0.875. The van der Waals surface area contributed by atoms with E-state index in [0.717, 1.165) is 28.0 Å². The average molecular weight is 315 g/mol. The van der Waals surface area contributed by atoms with Gasteiger partial charge in [0.15, 0.2) is 11.5 Å². The smallest absolute Gasteiger partial charge is 0.168 e. The maximum Gasteiger partial charge on any atom is 0.168 e. The molecule has 1 N–H and O–H groups in total. The van der Waals surface area contributed by atoms with E-state index in [1.54, 1.807) is 21.3 Å². The van der Waals surface area contributed by atoms with Gasteiger partial charge in [0.1, 0.15) is 5.75 Å². The van der Waals surface area contributed by atoms with E-state index in [2.05, 4.69) is 31.3 Å². The van der Waals surface area contributed by atoms with Gasteiger partial charge in [0.25, 0.3) is 0 Å². The van der Waals surface area contributed by atoms with Crippen LogP contribution in [0.1, 0.15) is 24.1 Å². The summed E-state index contributed by atoms with van der Waals surface area (Å²) in [6.07, 6.45) is 0. The third kappa shape index (κ3) is 3.42. The first-order valence-electron chi connectivity index (χ1n) is 7.63. The van der Waals surface area contributed by atoms with E-state index in [4.69, 9.17) is 14.2 Å². The molecule has 0 aliphatic rings. The molecule has 0 saturated heterocycles. The molecule has 2 rings (SSSR count). The summed E-state index contributed by atoms with van der Waals surface area (Å²) in [5.74, 6) is 2.24. The minimum atomic E-state index is 0.198. The maximum atomic E-state index is 5.63. The number of nitrogens with one attached hydrogen (secondary N) is 1. The van der Waals surface area contributed by atoms with Gasteiger partial charge in [0.2, 0.25) is 0 Å². The molecule has 0 spiro atoms. The van der Waals surface area contributed by atoms with E-state index in [1.807, 2.05) is 25.2 Å². The van der Waals surface area contributed by atoms with Crippen molar-refractivity contribution in [2.75, 3.05) is 28.4 Å². The van der Waals surface area contributed by atoms with Crippen molar-refractivity contribution in [1.82, 2.24) is 5.32 Å². The van der Waals surface area contributed by atoms with Gasteiger partial charge in [0.05, 0.1) is 21.3 Å². The predicted molar refractivity (Wildman–Crippen MR) is 93.7 cm³/mol. The van der Waals surface area contributed by atoms with Crippen LogP contribution in [0.2, 0.25) is 0 Å². The van der Waals surface area contributed by atoms with Crippen LogP contribution in [0, 0.1) is 6.92 Å². The molecule has 124 valence electrons. The summed E-state index contributed by atoms with van der Waals surface area (Å²) in [6.45, 7) is 4.17. The van der Waals surface area contributed by atoms with Gasteiger partial charge in [-0.25, -0.2) is 0 Å². The number of methoxy groups -OCH3 is 3. The molecule has 0 saturated carbocycles. The Bertz CT molecular complexity index is 683. The molecule has 0 amide bonds. The number of aryl methyl sites for hydroxylation is 1. The van der Waals surface area contributed by atoms with Gasteiger partial charge in [0, 0.05) is 17.2 Å². The number of ether oxygens (including phenoxy) is 3. The lowest BCUT2D eigenvalue weighted by Crippen LogP contribution is -2.12. The molecule has 1 atom stereocenters. The van der Waals surface area contributed by atoms with Crippen LogP contribution >= 0.6 is 0 Å². The first-order chi connectivity index (χ1) is 11.0. The van der Waals surface area contributed by atoms with Crippen molar-refractivity contribution >= 4 is 0 Å². The lowest BCUT2D eigenvalue weighted by molar-refractivity contribution is 0.355. The highest BCUT2D eigenvalue weighted by atomic mass is 16.5. The fourth-order valence-electron chi connectivity index (χ4n) is 2.63. The molecular formula is C19H25NO3. The molecule has 0 bridgehead atoms. The number of benzene rings is 2. The molecule has 2 aromatic carbocycles. The van der Waals surface area contributed by atoms with Crippen molar-refractivity contribution in [1.29, 1.82) is 0 Å². The van der Waals surface area contributed by atoms with Crippen LogP contribution in [0.3, 0.4) is 0 Å². The molecule has 0 aliphatic heterocycles. The van der Waals surface area contributed by atoms with E-state index < -0.39 is 0 Å². The minimum absolute atomic E-state index is 0.198. The first-order valence-corrected chi connectivity index (χ1v) is 7.63. The van der Waals surface area contributed by atoms with Gasteiger partial charge >= 0.3 is 0 Å². The Balaban J connectivity index is 2.76. The topological polar surface area (TPSA) is 39.7 Å². The van der Waals surface area contributed by atoms with Crippen molar-refractivity contribution in [3.05, 3.63) is 41.5 Å². The Morgan fingerprint density at radius 3 is 2.13 bits per heavy atom. The highest BCUT2D eigenvalue weighted by molar-refractivity contribution is 5.79. The fourth-order valence-corrected chi connectivity index (χ4v) is 2.63. The summed E-state index contributed by atoms with van der Waals surface area (Å²) >= 11 is 0. The number of rotatable bonds is 6. The number of hydrogen-bond donors (Lipinski definition) is 1. The minimum Gasteiger partial charge on any atom is -0.496 e. The third-order valence-electron chi connectivity index (χ3n) is 4.08. The molecule has 23 heavy (non-hydrogen) atoms. The number of hydrogen-bond acceptors (Lipinski definition) is 4.